The van der Waals surface area contributed by atoms with Gasteiger partial charge in [0.1, 0.15) is 5.69 Å². The number of nitrogens with one attached hydrogen (secondary N) is 2. The highest BCUT2D eigenvalue weighted by Gasteiger charge is 2.47. The van der Waals surface area contributed by atoms with E-state index in [1.165, 1.54) is 12.6 Å². The van der Waals surface area contributed by atoms with Gasteiger partial charge in [-0.05, 0) is 52.3 Å². The third kappa shape index (κ3) is 3.54. The molecule has 0 spiro atoms. The predicted molar refractivity (Wildman–Crippen MR) is 131 cm³/mol. The van der Waals surface area contributed by atoms with Crippen LogP contribution in [-0.4, -0.2) is 78.5 Å². The molecule has 10 heteroatoms. The van der Waals surface area contributed by atoms with E-state index in [0.717, 1.165) is 42.8 Å². The number of piperazine rings is 1. The highest BCUT2D eigenvalue weighted by molar-refractivity contribution is 6.03. The van der Waals surface area contributed by atoms with Crippen molar-refractivity contribution in [3.8, 4) is 0 Å². The van der Waals surface area contributed by atoms with E-state index in [2.05, 4.69) is 37.3 Å². The highest BCUT2D eigenvalue weighted by Crippen LogP contribution is 2.41. The van der Waals surface area contributed by atoms with Gasteiger partial charge in [0, 0.05) is 30.7 Å². The molecule has 0 aliphatic carbocycles. The van der Waals surface area contributed by atoms with Crippen molar-refractivity contribution in [2.24, 2.45) is 0 Å². The van der Waals surface area contributed by atoms with Gasteiger partial charge in [-0.1, -0.05) is 12.1 Å². The molecule has 0 bridgehead atoms. The van der Waals surface area contributed by atoms with Crippen molar-refractivity contribution in [1.29, 1.82) is 0 Å². The predicted octanol–water partition coefficient (Wildman–Crippen LogP) is 2.94. The van der Waals surface area contributed by atoms with Crippen LogP contribution in [0.2, 0.25) is 0 Å². The molecule has 1 aromatic carbocycles. The standard InChI is InChI=1S/C25H30N8O2/c1-15-12-31-10-6-7-16(31)13-32(15)24(35)33-14-17-21(25(33,2)3)29-30-22(17)28-23(34)20-11-26-18-8-4-5-9-19(18)27-20/h4-5,8-9,11,15-16H,6-7,10,12-14H2,1-3H3,(H2,28,29,30,34)/t15?,16-/m0/s1. The number of rotatable bonds is 2. The van der Waals surface area contributed by atoms with Crippen LogP contribution >= 0.6 is 0 Å². The summed E-state index contributed by atoms with van der Waals surface area (Å²) in [6.45, 7) is 9.38. The second-order valence-corrected chi connectivity index (χ2v) is 10.3. The van der Waals surface area contributed by atoms with E-state index in [0.29, 0.717) is 23.9 Å². The lowest BCUT2D eigenvalue weighted by atomic mass is 10.0. The second-order valence-electron chi connectivity index (χ2n) is 10.3. The Morgan fingerprint density at radius 2 is 1.97 bits per heavy atom. The van der Waals surface area contributed by atoms with E-state index in [-0.39, 0.29) is 23.7 Å². The SMILES string of the molecule is CC1CN2CCC[C@H]2CN1C(=O)N1Cc2c(NC(=O)c3cnc4ccccc4n3)n[nH]c2C1(C)C. The molecule has 10 nitrogen and oxygen atoms in total. The smallest absolute Gasteiger partial charge is 0.319 e. The molecule has 5 heterocycles. The van der Waals surface area contributed by atoms with Gasteiger partial charge in [-0.25, -0.2) is 9.78 Å². The number of carbonyl (C=O) groups excluding carboxylic acids is 2. The summed E-state index contributed by atoms with van der Waals surface area (Å²) < 4.78 is 0. The number of para-hydroxylation sites is 2. The molecule has 2 aromatic heterocycles. The van der Waals surface area contributed by atoms with Crippen molar-refractivity contribution in [1.82, 2.24) is 34.9 Å². The largest absolute Gasteiger partial charge is 0.321 e. The molecule has 2 N–H and O–H groups in total. The molecule has 3 aromatic rings. The first-order valence-electron chi connectivity index (χ1n) is 12.3. The maximum absolute atomic E-state index is 13.8. The van der Waals surface area contributed by atoms with Crippen LogP contribution in [0.3, 0.4) is 0 Å². The van der Waals surface area contributed by atoms with E-state index in [9.17, 15) is 9.59 Å². The zero-order chi connectivity index (χ0) is 24.3. The summed E-state index contributed by atoms with van der Waals surface area (Å²) in [5.41, 5.74) is 2.71. The van der Waals surface area contributed by atoms with E-state index in [4.69, 9.17) is 0 Å². The fraction of sp³-hybridized carbons (Fsp3) is 0.480. The lowest BCUT2D eigenvalue weighted by molar-refractivity contribution is 0.0454. The molecule has 2 fully saturated rings. The Hall–Kier alpha value is -3.53. The van der Waals surface area contributed by atoms with Gasteiger partial charge in [-0.2, -0.15) is 5.10 Å². The average molecular weight is 475 g/mol. The van der Waals surface area contributed by atoms with Gasteiger partial charge >= 0.3 is 6.03 Å². The van der Waals surface area contributed by atoms with Crippen LogP contribution in [0.4, 0.5) is 10.6 Å². The minimum Gasteiger partial charge on any atom is -0.319 e. The van der Waals surface area contributed by atoms with Crippen molar-refractivity contribution >= 4 is 28.8 Å². The number of anilines is 1. The molecule has 3 aliphatic rings. The molecule has 1 unspecified atom stereocenters. The summed E-state index contributed by atoms with van der Waals surface area (Å²) in [5.74, 6) is 0.0445. The number of fused-ring (bicyclic) bond motifs is 3. The number of nitrogens with zero attached hydrogens (tertiary/aromatic N) is 6. The molecule has 2 saturated heterocycles. The van der Waals surface area contributed by atoms with Crippen LogP contribution in [-0.2, 0) is 12.1 Å². The lowest BCUT2D eigenvalue weighted by Crippen LogP contribution is -2.60. The van der Waals surface area contributed by atoms with Gasteiger partial charge in [0.15, 0.2) is 5.82 Å². The van der Waals surface area contributed by atoms with Crippen LogP contribution in [0, 0.1) is 0 Å². The number of amides is 3. The maximum Gasteiger partial charge on any atom is 0.321 e. The Balaban J connectivity index is 1.22. The fourth-order valence-corrected chi connectivity index (χ4v) is 5.77. The third-order valence-electron chi connectivity index (χ3n) is 7.80. The number of carbonyl (C=O) groups is 2. The number of aromatic amines is 1. The summed E-state index contributed by atoms with van der Waals surface area (Å²) in [4.78, 5) is 41.9. The number of urea groups is 1. The molecule has 3 aliphatic heterocycles. The Kier molecular flexibility index (Phi) is 5.03. The highest BCUT2D eigenvalue weighted by atomic mass is 16.2. The van der Waals surface area contributed by atoms with Crippen LogP contribution < -0.4 is 5.32 Å². The summed E-state index contributed by atoms with van der Waals surface area (Å²) in [7, 11) is 0. The zero-order valence-corrected chi connectivity index (χ0v) is 20.3. The normalized spacial score (nSPS) is 23.4. The second kappa shape index (κ2) is 8.01. The average Bonchev–Trinajstić information content (AvgIpc) is 3.53. The summed E-state index contributed by atoms with van der Waals surface area (Å²) >= 11 is 0. The molecule has 0 saturated carbocycles. The van der Waals surface area contributed by atoms with Crippen LogP contribution in [0.5, 0.6) is 0 Å². The molecule has 35 heavy (non-hydrogen) atoms. The number of aromatic nitrogens is 4. The topological polar surface area (TPSA) is 110 Å². The van der Waals surface area contributed by atoms with Crippen molar-refractivity contribution in [2.45, 2.75) is 57.8 Å². The summed E-state index contributed by atoms with van der Waals surface area (Å²) in [6.07, 6.45) is 3.82. The van der Waals surface area contributed by atoms with Crippen LogP contribution in [0.25, 0.3) is 11.0 Å². The first-order chi connectivity index (χ1) is 16.8. The first kappa shape index (κ1) is 22.0. The van der Waals surface area contributed by atoms with Crippen LogP contribution in [0.15, 0.2) is 30.5 Å². The third-order valence-corrected chi connectivity index (χ3v) is 7.80. The number of hydrogen-bond acceptors (Lipinski definition) is 6. The van der Waals surface area contributed by atoms with Gasteiger partial charge < -0.3 is 15.1 Å². The van der Waals surface area contributed by atoms with Crippen molar-refractivity contribution < 1.29 is 9.59 Å². The number of H-pyrrole nitrogens is 1. The van der Waals surface area contributed by atoms with Gasteiger partial charge in [0.2, 0.25) is 0 Å². The molecular weight excluding hydrogens is 444 g/mol. The molecular formula is C25H30N8O2. The Labute approximate surface area is 203 Å². The number of benzene rings is 1. The van der Waals surface area contributed by atoms with E-state index in [1.807, 2.05) is 47.9 Å². The quantitative estimate of drug-likeness (QED) is 0.591. The molecule has 182 valence electrons. The van der Waals surface area contributed by atoms with E-state index in [1.54, 1.807) is 0 Å². The van der Waals surface area contributed by atoms with Gasteiger partial charge in [0.05, 0.1) is 35.0 Å². The summed E-state index contributed by atoms with van der Waals surface area (Å²) in [6, 6.07) is 8.08. The summed E-state index contributed by atoms with van der Waals surface area (Å²) in [5, 5.41) is 10.3. The van der Waals surface area contributed by atoms with Crippen molar-refractivity contribution in [3.63, 3.8) is 0 Å². The van der Waals surface area contributed by atoms with E-state index < -0.39 is 5.54 Å². The van der Waals surface area contributed by atoms with Crippen molar-refractivity contribution in [3.05, 3.63) is 47.4 Å². The fourth-order valence-electron chi connectivity index (χ4n) is 5.77. The molecule has 0 radical (unpaired) electrons. The van der Waals surface area contributed by atoms with Gasteiger partial charge in [-0.3, -0.25) is 19.8 Å². The Bertz CT molecular complexity index is 1320. The minimum absolute atomic E-state index is 0.0383. The molecule has 6 rings (SSSR count). The lowest BCUT2D eigenvalue weighted by Gasteiger charge is -2.45. The Morgan fingerprint density at radius 1 is 1.17 bits per heavy atom. The zero-order valence-electron chi connectivity index (χ0n) is 20.3. The van der Waals surface area contributed by atoms with E-state index >= 15 is 0 Å². The number of hydrogen-bond donors (Lipinski definition) is 2. The minimum atomic E-state index is -0.572. The van der Waals surface area contributed by atoms with Gasteiger partial charge in [-0.15, -0.1) is 0 Å². The van der Waals surface area contributed by atoms with Gasteiger partial charge in [0.25, 0.3) is 5.91 Å². The monoisotopic (exact) mass is 474 g/mol. The Morgan fingerprint density at radius 3 is 2.80 bits per heavy atom. The molecule has 2 atom stereocenters. The van der Waals surface area contributed by atoms with Crippen LogP contribution in [0.1, 0.15) is 55.4 Å². The first-order valence-corrected chi connectivity index (χ1v) is 12.3. The van der Waals surface area contributed by atoms with Crippen molar-refractivity contribution in [2.75, 3.05) is 25.0 Å². The molecule has 3 amide bonds. The maximum atomic E-state index is 13.8.